The fourth-order valence-corrected chi connectivity index (χ4v) is 3.08. The maximum Gasteiger partial charge on any atom is 0.0626 e. The fraction of sp³-hybridized carbons (Fsp3) is 0.294. The lowest BCUT2D eigenvalue weighted by Crippen LogP contribution is -2.38. The van der Waals surface area contributed by atoms with Crippen LogP contribution < -0.4 is 4.90 Å². The molecule has 92 valence electrons. The Morgan fingerprint density at radius 3 is 2.17 bits per heavy atom. The van der Waals surface area contributed by atoms with E-state index < -0.39 is 0 Å². The van der Waals surface area contributed by atoms with Crippen LogP contribution in [0.4, 0.5) is 5.69 Å². The first-order chi connectivity index (χ1) is 8.81. The Hall–Kier alpha value is -1.76. The van der Waals surface area contributed by atoms with Crippen LogP contribution in [0, 0.1) is 0 Å². The largest absolute Gasteiger partial charge is 0.362 e. The van der Waals surface area contributed by atoms with Gasteiger partial charge in [0.15, 0.2) is 0 Å². The molecule has 1 unspecified atom stereocenters. The van der Waals surface area contributed by atoms with Gasteiger partial charge in [-0.05, 0) is 37.5 Å². The summed E-state index contributed by atoms with van der Waals surface area (Å²) in [6.07, 6.45) is 2.49. The summed E-state index contributed by atoms with van der Waals surface area (Å²) >= 11 is 0. The van der Waals surface area contributed by atoms with Crippen LogP contribution in [-0.2, 0) is 5.54 Å². The zero-order chi connectivity index (χ0) is 12.4. The van der Waals surface area contributed by atoms with E-state index in [4.69, 9.17) is 0 Å². The number of anilines is 1. The predicted octanol–water partition coefficient (Wildman–Crippen LogP) is 4.20. The lowest BCUT2D eigenvalue weighted by atomic mass is 9.89. The van der Waals surface area contributed by atoms with Gasteiger partial charge < -0.3 is 4.90 Å². The van der Waals surface area contributed by atoms with Gasteiger partial charge in [-0.15, -0.1) is 0 Å². The molecule has 0 radical (unpaired) electrons. The summed E-state index contributed by atoms with van der Waals surface area (Å²) in [5.74, 6) is 0. The maximum atomic E-state index is 2.54. The Kier molecular flexibility index (Phi) is 2.83. The Balaban J connectivity index is 2.01. The standard InChI is InChI=1S/C17H19N/c1-17(15-9-4-2-5-10-15)13-8-14-18(17)16-11-6-3-7-12-16/h2-7,9-12H,8,13-14H2,1H3. The molecule has 1 aliphatic heterocycles. The molecule has 1 heteroatoms. The molecular formula is C17H19N. The molecule has 0 spiro atoms. The summed E-state index contributed by atoms with van der Waals surface area (Å²) in [6.45, 7) is 3.51. The molecule has 1 fully saturated rings. The summed E-state index contributed by atoms with van der Waals surface area (Å²) in [7, 11) is 0. The smallest absolute Gasteiger partial charge is 0.0626 e. The highest BCUT2D eigenvalue weighted by atomic mass is 15.2. The third-order valence-electron chi connectivity index (χ3n) is 4.10. The van der Waals surface area contributed by atoms with Crippen LogP contribution in [0.5, 0.6) is 0 Å². The topological polar surface area (TPSA) is 3.24 Å². The van der Waals surface area contributed by atoms with Crippen LogP contribution in [0.15, 0.2) is 60.7 Å². The van der Waals surface area contributed by atoms with E-state index in [1.165, 1.54) is 24.1 Å². The third kappa shape index (κ3) is 1.80. The van der Waals surface area contributed by atoms with Crippen molar-refractivity contribution in [3.63, 3.8) is 0 Å². The van der Waals surface area contributed by atoms with Gasteiger partial charge in [-0.1, -0.05) is 48.5 Å². The Morgan fingerprint density at radius 2 is 1.50 bits per heavy atom. The lowest BCUT2D eigenvalue weighted by Gasteiger charge is -2.37. The summed E-state index contributed by atoms with van der Waals surface area (Å²) < 4.78 is 0. The summed E-state index contributed by atoms with van der Waals surface area (Å²) in [5, 5.41) is 0. The number of benzene rings is 2. The van der Waals surface area contributed by atoms with Gasteiger partial charge in [-0.25, -0.2) is 0 Å². The molecule has 2 aromatic rings. The van der Waals surface area contributed by atoms with Crippen LogP contribution >= 0.6 is 0 Å². The van der Waals surface area contributed by atoms with Crippen molar-refractivity contribution in [2.75, 3.05) is 11.4 Å². The number of hydrogen-bond acceptors (Lipinski definition) is 1. The Labute approximate surface area is 109 Å². The van der Waals surface area contributed by atoms with Crippen molar-refractivity contribution in [3.05, 3.63) is 66.2 Å². The van der Waals surface area contributed by atoms with Crippen molar-refractivity contribution in [1.82, 2.24) is 0 Å². The van der Waals surface area contributed by atoms with E-state index in [2.05, 4.69) is 72.5 Å². The molecule has 1 atom stereocenters. The van der Waals surface area contributed by atoms with Crippen molar-refractivity contribution in [2.24, 2.45) is 0 Å². The predicted molar refractivity (Wildman–Crippen MR) is 76.8 cm³/mol. The van der Waals surface area contributed by atoms with Gasteiger partial charge >= 0.3 is 0 Å². The second-order valence-corrected chi connectivity index (χ2v) is 5.23. The highest BCUT2D eigenvalue weighted by molar-refractivity contribution is 5.52. The van der Waals surface area contributed by atoms with Crippen molar-refractivity contribution < 1.29 is 0 Å². The summed E-state index contributed by atoms with van der Waals surface area (Å²) in [6, 6.07) is 21.6. The molecule has 1 aliphatic rings. The van der Waals surface area contributed by atoms with Crippen LogP contribution in [0.1, 0.15) is 25.3 Å². The molecule has 3 rings (SSSR count). The first-order valence-corrected chi connectivity index (χ1v) is 6.69. The maximum absolute atomic E-state index is 2.54. The first kappa shape index (κ1) is 11.3. The molecular weight excluding hydrogens is 218 g/mol. The molecule has 0 aliphatic carbocycles. The van der Waals surface area contributed by atoms with Crippen molar-refractivity contribution in [1.29, 1.82) is 0 Å². The van der Waals surface area contributed by atoms with E-state index >= 15 is 0 Å². The minimum absolute atomic E-state index is 0.141. The number of hydrogen-bond donors (Lipinski definition) is 0. The van der Waals surface area contributed by atoms with E-state index in [1.807, 2.05) is 0 Å². The molecule has 1 saturated heterocycles. The van der Waals surface area contributed by atoms with Crippen LogP contribution in [0.3, 0.4) is 0 Å². The minimum atomic E-state index is 0.141. The third-order valence-corrected chi connectivity index (χ3v) is 4.10. The summed E-state index contributed by atoms with van der Waals surface area (Å²) in [4.78, 5) is 2.54. The molecule has 0 N–H and O–H groups in total. The van der Waals surface area contributed by atoms with Gasteiger partial charge in [0, 0.05) is 12.2 Å². The number of nitrogens with zero attached hydrogens (tertiary/aromatic N) is 1. The second kappa shape index (κ2) is 4.49. The zero-order valence-electron chi connectivity index (χ0n) is 10.8. The van der Waals surface area contributed by atoms with E-state index in [1.54, 1.807) is 0 Å². The average Bonchev–Trinajstić information content (AvgIpc) is 2.84. The van der Waals surface area contributed by atoms with E-state index in [-0.39, 0.29) is 5.54 Å². The average molecular weight is 237 g/mol. The van der Waals surface area contributed by atoms with Crippen LogP contribution in [-0.4, -0.2) is 6.54 Å². The van der Waals surface area contributed by atoms with E-state index in [9.17, 15) is 0 Å². The number of rotatable bonds is 2. The van der Waals surface area contributed by atoms with Gasteiger partial charge in [0.1, 0.15) is 0 Å². The second-order valence-electron chi connectivity index (χ2n) is 5.23. The highest BCUT2D eigenvalue weighted by Gasteiger charge is 2.37. The zero-order valence-corrected chi connectivity index (χ0v) is 10.8. The molecule has 18 heavy (non-hydrogen) atoms. The Bertz CT molecular complexity index is 506. The highest BCUT2D eigenvalue weighted by Crippen LogP contribution is 2.41. The van der Waals surface area contributed by atoms with Crippen molar-refractivity contribution in [2.45, 2.75) is 25.3 Å². The molecule has 0 bridgehead atoms. The normalized spacial score (nSPS) is 23.3. The molecule has 0 aromatic heterocycles. The van der Waals surface area contributed by atoms with Crippen LogP contribution in [0.2, 0.25) is 0 Å². The van der Waals surface area contributed by atoms with Crippen molar-refractivity contribution >= 4 is 5.69 Å². The Morgan fingerprint density at radius 1 is 0.889 bits per heavy atom. The molecule has 0 amide bonds. The van der Waals surface area contributed by atoms with Crippen molar-refractivity contribution in [3.8, 4) is 0 Å². The summed E-state index contributed by atoms with van der Waals surface area (Å²) in [5.41, 5.74) is 2.90. The van der Waals surface area contributed by atoms with Crippen LogP contribution in [0.25, 0.3) is 0 Å². The minimum Gasteiger partial charge on any atom is -0.362 e. The van der Waals surface area contributed by atoms with Gasteiger partial charge in [0.25, 0.3) is 0 Å². The van der Waals surface area contributed by atoms with E-state index in [0.717, 1.165) is 6.54 Å². The van der Waals surface area contributed by atoms with E-state index in [0.29, 0.717) is 0 Å². The quantitative estimate of drug-likeness (QED) is 0.756. The monoisotopic (exact) mass is 237 g/mol. The first-order valence-electron chi connectivity index (χ1n) is 6.69. The van der Waals surface area contributed by atoms with Gasteiger partial charge in [0.05, 0.1) is 5.54 Å². The lowest BCUT2D eigenvalue weighted by molar-refractivity contribution is 0.493. The molecule has 1 heterocycles. The molecule has 0 saturated carbocycles. The SMILES string of the molecule is CC1(c2ccccc2)CCCN1c1ccccc1. The van der Waals surface area contributed by atoms with Gasteiger partial charge in [0.2, 0.25) is 0 Å². The molecule has 2 aromatic carbocycles. The number of para-hydroxylation sites is 1. The fourth-order valence-electron chi connectivity index (χ4n) is 3.08. The molecule has 1 nitrogen and oxygen atoms in total. The van der Waals surface area contributed by atoms with Gasteiger partial charge in [-0.3, -0.25) is 0 Å². The van der Waals surface area contributed by atoms with Gasteiger partial charge in [-0.2, -0.15) is 0 Å².